The van der Waals surface area contributed by atoms with E-state index in [9.17, 15) is 19.2 Å². The number of carbonyl (C=O) groups excluding carboxylic acids is 4. The van der Waals surface area contributed by atoms with E-state index in [1.54, 1.807) is 7.11 Å². The maximum Gasteiger partial charge on any atom is 0.310 e. The van der Waals surface area contributed by atoms with Crippen LogP contribution in [0.1, 0.15) is 129 Å². The largest absolute Gasteiger partial charge is 0.465 e. The van der Waals surface area contributed by atoms with Crippen LogP contribution < -0.4 is 0 Å². The van der Waals surface area contributed by atoms with Gasteiger partial charge in [-0.2, -0.15) is 0 Å². The highest BCUT2D eigenvalue weighted by Gasteiger charge is 2.50. The molecule has 0 aromatic heterocycles. The van der Waals surface area contributed by atoms with Crippen LogP contribution in [-0.4, -0.2) is 141 Å². The van der Waals surface area contributed by atoms with E-state index in [0.29, 0.717) is 58.7 Å². The Morgan fingerprint density at radius 3 is 1.29 bits per heavy atom. The Hall–Kier alpha value is -2.20. The number of hydrogen-bond donors (Lipinski definition) is 0. The maximum atomic E-state index is 14.4. The summed E-state index contributed by atoms with van der Waals surface area (Å²) >= 11 is 0. The molecule has 4 aliphatic heterocycles. The van der Waals surface area contributed by atoms with Gasteiger partial charge in [0.1, 0.15) is 24.6 Å². The van der Waals surface area contributed by atoms with E-state index in [-0.39, 0.29) is 46.4 Å². The van der Waals surface area contributed by atoms with Crippen molar-refractivity contribution in [3.8, 4) is 0 Å². The number of piperidine rings is 2. The summed E-state index contributed by atoms with van der Waals surface area (Å²) in [5.74, 6) is -4.99. The van der Waals surface area contributed by atoms with Crippen molar-refractivity contribution in [2.75, 3.05) is 60.8 Å². The van der Waals surface area contributed by atoms with Crippen LogP contribution in [0, 0.1) is 28.1 Å². The van der Waals surface area contributed by atoms with Gasteiger partial charge in [-0.25, -0.2) is 0 Å². The van der Waals surface area contributed by atoms with Crippen LogP contribution in [0.25, 0.3) is 0 Å². The number of likely N-dealkylation sites (tertiary alicyclic amines) is 2. The van der Waals surface area contributed by atoms with E-state index in [2.05, 4.69) is 79.3 Å². The van der Waals surface area contributed by atoms with Crippen molar-refractivity contribution in [3.63, 3.8) is 0 Å². The van der Waals surface area contributed by atoms with Crippen molar-refractivity contribution < 1.29 is 57.1 Å². The zero-order valence-corrected chi connectivity index (χ0v) is 39.2. The summed E-state index contributed by atoms with van der Waals surface area (Å²) in [6.07, 6.45) is -0.576. The molecule has 4 heterocycles. The van der Waals surface area contributed by atoms with E-state index in [4.69, 9.17) is 37.9 Å². The second-order valence-electron chi connectivity index (χ2n) is 22.1. The number of methoxy groups -OCH3 is 1. The second-order valence-corrected chi connectivity index (χ2v) is 22.1. The van der Waals surface area contributed by atoms with Crippen LogP contribution >= 0.6 is 0 Å². The van der Waals surface area contributed by atoms with Gasteiger partial charge >= 0.3 is 17.9 Å². The van der Waals surface area contributed by atoms with Gasteiger partial charge in [-0.1, -0.05) is 27.7 Å². The lowest BCUT2D eigenvalue weighted by Gasteiger charge is -2.53. The molecule has 4 saturated heterocycles. The van der Waals surface area contributed by atoms with E-state index in [0.717, 1.165) is 0 Å². The molecule has 14 heteroatoms. The number of carbonyl (C=O) groups is 4. The topological polar surface area (TPSA) is 149 Å². The van der Waals surface area contributed by atoms with Gasteiger partial charge in [-0.3, -0.25) is 24.2 Å². The SMILES string of the molecule is COCC(C)(C)C1OCC2(CO1)COC(C(C)(C)COC(=O)CC(C(=O)OC1CC(C)(C)N(C)C(C)(C)C1)C(CC(C)=O)C(=O)OC1CC(C)(C)N(C)C(C)(C)C1)OC2. The highest BCUT2D eigenvalue weighted by Crippen LogP contribution is 2.42. The third-order valence-corrected chi connectivity index (χ3v) is 13.7. The Morgan fingerprint density at radius 1 is 0.610 bits per heavy atom. The molecule has 0 radical (unpaired) electrons. The van der Waals surface area contributed by atoms with Gasteiger partial charge in [0.15, 0.2) is 12.6 Å². The first-order chi connectivity index (χ1) is 27.0. The van der Waals surface area contributed by atoms with Crippen LogP contribution in [0.2, 0.25) is 0 Å². The molecular weight excluding hydrogens is 760 g/mol. The third kappa shape index (κ3) is 12.0. The molecule has 0 amide bonds. The van der Waals surface area contributed by atoms with E-state index >= 15 is 0 Å². The standard InChI is InChI=1S/C45H78N2O12/c1-29(48)17-32(35(50)58-30-19-41(6,7)46(14)42(8,9)20-30)33(36(51)59-31-21-43(10,11)47(15)44(12,13)22-31)18-34(49)53-24-40(4,5)38-56-27-45(28-57-38)25-54-37(55-26-45)39(2,3)23-52-16/h30-33,37-38H,17-28H2,1-16H3. The van der Waals surface area contributed by atoms with Crippen LogP contribution in [0.3, 0.4) is 0 Å². The summed E-state index contributed by atoms with van der Waals surface area (Å²) in [6, 6.07) is 0. The molecule has 14 nitrogen and oxygen atoms in total. The van der Waals surface area contributed by atoms with Crippen molar-refractivity contribution in [2.24, 2.45) is 28.1 Å². The minimum atomic E-state index is -1.31. The van der Waals surface area contributed by atoms with Gasteiger partial charge in [0.25, 0.3) is 0 Å². The number of nitrogens with zero attached hydrogens (tertiary/aromatic N) is 2. The van der Waals surface area contributed by atoms with Gasteiger partial charge in [-0.05, 0) is 76.4 Å². The Labute approximate surface area is 354 Å². The average Bonchev–Trinajstić information content (AvgIpc) is 3.10. The van der Waals surface area contributed by atoms with E-state index in [1.807, 2.05) is 27.7 Å². The minimum Gasteiger partial charge on any atom is -0.465 e. The van der Waals surface area contributed by atoms with Gasteiger partial charge in [0.05, 0.1) is 56.7 Å². The Balaban J connectivity index is 1.48. The monoisotopic (exact) mass is 839 g/mol. The summed E-state index contributed by atoms with van der Waals surface area (Å²) in [6.45, 7) is 27.8. The second kappa shape index (κ2) is 18.3. The summed E-state index contributed by atoms with van der Waals surface area (Å²) in [4.78, 5) is 59.8. The first-order valence-electron chi connectivity index (χ1n) is 21.5. The molecule has 0 bridgehead atoms. The van der Waals surface area contributed by atoms with E-state index < -0.39 is 71.8 Å². The minimum absolute atomic E-state index is 0.0928. The number of esters is 3. The molecule has 0 aliphatic carbocycles. The molecule has 4 rings (SSSR count). The fourth-order valence-electron chi connectivity index (χ4n) is 9.59. The summed E-state index contributed by atoms with van der Waals surface area (Å²) < 4.78 is 48.3. The van der Waals surface area contributed by atoms with Crippen molar-refractivity contribution in [2.45, 2.75) is 175 Å². The smallest absolute Gasteiger partial charge is 0.310 e. The molecule has 4 aliphatic rings. The van der Waals surface area contributed by atoms with Crippen molar-refractivity contribution >= 4 is 23.7 Å². The molecule has 2 atom stereocenters. The highest BCUT2D eigenvalue weighted by atomic mass is 16.7. The fraction of sp³-hybridized carbons (Fsp3) is 0.911. The molecule has 59 heavy (non-hydrogen) atoms. The molecule has 0 aromatic rings. The first kappa shape index (κ1) is 49.5. The third-order valence-electron chi connectivity index (χ3n) is 13.7. The lowest BCUT2D eigenvalue weighted by Crippen LogP contribution is -2.60. The quantitative estimate of drug-likeness (QED) is 0.141. The summed E-state index contributed by atoms with van der Waals surface area (Å²) in [5, 5.41) is 0. The van der Waals surface area contributed by atoms with Crippen LogP contribution in [0.4, 0.5) is 0 Å². The number of ether oxygens (including phenoxy) is 8. The maximum absolute atomic E-state index is 14.4. The molecule has 0 N–H and O–H groups in total. The molecule has 2 unspecified atom stereocenters. The number of Topliss-reactive ketones (excluding diaryl/α,β-unsaturated/α-hetero) is 1. The lowest BCUT2D eigenvalue weighted by atomic mass is 9.78. The zero-order chi connectivity index (χ0) is 44.6. The Kier molecular flexibility index (Phi) is 15.3. The average molecular weight is 839 g/mol. The Bertz CT molecular complexity index is 1450. The summed E-state index contributed by atoms with van der Waals surface area (Å²) in [7, 11) is 5.77. The molecule has 0 saturated carbocycles. The number of ketones is 1. The van der Waals surface area contributed by atoms with Gasteiger partial charge in [0, 0.05) is 72.2 Å². The summed E-state index contributed by atoms with van der Waals surface area (Å²) in [5.41, 5.74) is -2.73. The van der Waals surface area contributed by atoms with Crippen molar-refractivity contribution in [3.05, 3.63) is 0 Å². The first-order valence-corrected chi connectivity index (χ1v) is 21.5. The normalized spacial score (nSPS) is 29.0. The molecule has 1 spiro atoms. The van der Waals surface area contributed by atoms with Crippen LogP contribution in [0.5, 0.6) is 0 Å². The molecule has 4 fully saturated rings. The number of hydrogen-bond acceptors (Lipinski definition) is 14. The van der Waals surface area contributed by atoms with Gasteiger partial charge in [-0.15, -0.1) is 0 Å². The predicted molar refractivity (Wildman–Crippen MR) is 221 cm³/mol. The fourth-order valence-corrected chi connectivity index (χ4v) is 9.59. The Morgan fingerprint density at radius 2 is 0.949 bits per heavy atom. The number of rotatable bonds is 15. The van der Waals surface area contributed by atoms with Crippen LogP contribution in [0.15, 0.2) is 0 Å². The predicted octanol–water partition coefficient (Wildman–Crippen LogP) is 5.95. The highest BCUT2D eigenvalue weighted by molar-refractivity contribution is 5.89. The van der Waals surface area contributed by atoms with E-state index in [1.165, 1.54) is 6.92 Å². The van der Waals surface area contributed by atoms with Gasteiger partial charge in [0.2, 0.25) is 0 Å². The van der Waals surface area contributed by atoms with Crippen molar-refractivity contribution in [1.29, 1.82) is 0 Å². The van der Waals surface area contributed by atoms with Gasteiger partial charge < -0.3 is 42.7 Å². The molecule has 340 valence electrons. The zero-order valence-electron chi connectivity index (χ0n) is 39.2. The lowest BCUT2D eigenvalue weighted by molar-refractivity contribution is -0.337. The molecule has 0 aromatic carbocycles. The van der Waals surface area contributed by atoms with Crippen LogP contribution in [-0.2, 0) is 57.1 Å². The molecular formula is C45H78N2O12. The van der Waals surface area contributed by atoms with Crippen molar-refractivity contribution in [1.82, 2.24) is 9.80 Å².